The molecule has 5 nitrogen and oxygen atoms in total. The Bertz CT molecular complexity index is 608. The number of amides is 1. The summed E-state index contributed by atoms with van der Waals surface area (Å²) in [6.07, 6.45) is 6.12. The average Bonchev–Trinajstić information content (AvgIpc) is 2.63. The minimum Gasteiger partial charge on any atom is -0.357 e. The number of hydrogen-bond acceptors (Lipinski definition) is 2. The van der Waals surface area contributed by atoms with Gasteiger partial charge in [-0.25, -0.2) is 4.99 Å². The van der Waals surface area contributed by atoms with E-state index in [-0.39, 0.29) is 29.9 Å². The third-order valence-electron chi connectivity index (χ3n) is 5.28. The molecule has 0 aliphatic heterocycles. The molecule has 1 aliphatic carbocycles. The van der Waals surface area contributed by atoms with Crippen LogP contribution in [0.1, 0.15) is 68.8 Å². The highest BCUT2D eigenvalue weighted by molar-refractivity contribution is 14.0. The Morgan fingerprint density at radius 3 is 2.52 bits per heavy atom. The highest BCUT2D eigenvalue weighted by atomic mass is 127. The monoisotopic (exact) mass is 486 g/mol. The number of carbonyl (C=O) groups is 1. The van der Waals surface area contributed by atoms with Gasteiger partial charge in [0.1, 0.15) is 0 Å². The van der Waals surface area contributed by atoms with E-state index in [0.29, 0.717) is 24.1 Å². The van der Waals surface area contributed by atoms with Crippen LogP contribution < -0.4 is 16.0 Å². The second-order valence-electron chi connectivity index (χ2n) is 7.21. The number of guanidine groups is 1. The van der Waals surface area contributed by atoms with E-state index in [9.17, 15) is 4.79 Å². The number of aliphatic imine (C=N–C) groups is 1. The molecule has 3 N–H and O–H groups in total. The van der Waals surface area contributed by atoms with Gasteiger partial charge in [-0.3, -0.25) is 4.79 Å². The Kier molecular flexibility index (Phi) is 10.7. The first-order chi connectivity index (χ1) is 12.6. The first kappa shape index (κ1) is 23.7. The summed E-state index contributed by atoms with van der Waals surface area (Å²) in [6, 6.07) is 7.72. The van der Waals surface area contributed by atoms with E-state index < -0.39 is 0 Å². The van der Waals surface area contributed by atoms with Crippen molar-refractivity contribution in [2.45, 2.75) is 59.4 Å². The van der Waals surface area contributed by atoms with Crippen LogP contribution in [0.5, 0.6) is 0 Å². The molecule has 1 amide bonds. The predicted octanol–water partition coefficient (Wildman–Crippen LogP) is 4.08. The smallest absolute Gasteiger partial charge is 0.251 e. The molecule has 152 valence electrons. The molecule has 0 spiro atoms. The largest absolute Gasteiger partial charge is 0.357 e. The van der Waals surface area contributed by atoms with Crippen LogP contribution in [0, 0.1) is 5.41 Å². The fourth-order valence-electron chi connectivity index (χ4n) is 3.27. The van der Waals surface area contributed by atoms with E-state index in [2.05, 4.69) is 29.8 Å². The molecule has 0 radical (unpaired) electrons. The number of carbonyl (C=O) groups excluding carboxylic acids is 1. The molecule has 0 atom stereocenters. The molecule has 0 aromatic heterocycles. The Morgan fingerprint density at radius 2 is 1.93 bits per heavy atom. The zero-order valence-electron chi connectivity index (χ0n) is 16.9. The van der Waals surface area contributed by atoms with Crippen molar-refractivity contribution in [1.82, 2.24) is 16.0 Å². The lowest BCUT2D eigenvalue weighted by Crippen LogP contribution is -2.46. The van der Waals surface area contributed by atoms with E-state index in [4.69, 9.17) is 4.99 Å². The van der Waals surface area contributed by atoms with Crippen LogP contribution in [0.2, 0.25) is 0 Å². The Labute approximate surface area is 181 Å². The normalized spacial score (nSPS) is 15.3. The van der Waals surface area contributed by atoms with Crippen molar-refractivity contribution in [3.8, 4) is 0 Å². The van der Waals surface area contributed by atoms with Crippen molar-refractivity contribution in [2.24, 2.45) is 10.4 Å². The number of rotatable bonds is 9. The first-order valence-corrected chi connectivity index (χ1v) is 10.0. The van der Waals surface area contributed by atoms with Crippen LogP contribution in [-0.4, -0.2) is 31.5 Å². The number of nitrogens with one attached hydrogen (secondary N) is 3. The number of nitrogens with zero attached hydrogens (tertiary/aromatic N) is 1. The molecule has 1 saturated carbocycles. The first-order valence-electron chi connectivity index (χ1n) is 10.0. The van der Waals surface area contributed by atoms with Gasteiger partial charge in [-0.1, -0.05) is 32.4 Å². The molecular formula is C21H35IN4O. The Balaban J connectivity index is 0.00000364. The molecule has 0 bridgehead atoms. The lowest BCUT2D eigenvalue weighted by molar-refractivity contribution is 0.0953. The summed E-state index contributed by atoms with van der Waals surface area (Å²) >= 11 is 0. The van der Waals surface area contributed by atoms with Crippen molar-refractivity contribution < 1.29 is 4.79 Å². The van der Waals surface area contributed by atoms with Crippen LogP contribution in [0.25, 0.3) is 0 Å². The number of benzene rings is 1. The zero-order valence-corrected chi connectivity index (χ0v) is 19.3. The van der Waals surface area contributed by atoms with Gasteiger partial charge in [-0.2, -0.15) is 0 Å². The predicted molar refractivity (Wildman–Crippen MR) is 124 cm³/mol. The maximum Gasteiger partial charge on any atom is 0.251 e. The fourth-order valence-corrected chi connectivity index (χ4v) is 3.27. The molecule has 1 aromatic carbocycles. The molecule has 0 heterocycles. The van der Waals surface area contributed by atoms with Gasteiger partial charge in [-0.15, -0.1) is 24.0 Å². The summed E-state index contributed by atoms with van der Waals surface area (Å²) in [7, 11) is 0. The molecule has 0 saturated heterocycles. The van der Waals surface area contributed by atoms with Crippen LogP contribution >= 0.6 is 24.0 Å². The van der Waals surface area contributed by atoms with Crippen LogP contribution in [0.3, 0.4) is 0 Å². The van der Waals surface area contributed by atoms with Gasteiger partial charge in [0.25, 0.3) is 5.91 Å². The van der Waals surface area contributed by atoms with Gasteiger partial charge >= 0.3 is 0 Å². The second kappa shape index (κ2) is 12.2. The highest BCUT2D eigenvalue weighted by Crippen LogP contribution is 2.42. The molecule has 1 fully saturated rings. The lowest BCUT2D eigenvalue weighted by atomic mass is 9.67. The molecule has 27 heavy (non-hydrogen) atoms. The number of hydrogen-bond donors (Lipinski definition) is 3. The standard InChI is InChI=1S/C21H34N4O.HI/c1-4-13-23-19(26)18-10-7-9-17(14-18)15-24-20(22-6-3)25-16-21(5-2)11-8-12-21;/h7,9-10,14H,4-6,8,11-13,15-16H2,1-3H3,(H,23,26)(H2,22,24,25);1H. The summed E-state index contributed by atoms with van der Waals surface area (Å²) in [5, 5.41) is 9.75. The molecule has 2 rings (SSSR count). The minimum atomic E-state index is -0.0161. The summed E-state index contributed by atoms with van der Waals surface area (Å²) < 4.78 is 0. The summed E-state index contributed by atoms with van der Waals surface area (Å²) in [5.74, 6) is 0.839. The van der Waals surface area contributed by atoms with Gasteiger partial charge in [-0.05, 0) is 55.7 Å². The molecule has 0 unspecified atom stereocenters. The third kappa shape index (κ3) is 7.31. The van der Waals surface area contributed by atoms with Gasteiger partial charge in [0.05, 0.1) is 6.54 Å². The van der Waals surface area contributed by atoms with Gasteiger partial charge in [0.15, 0.2) is 5.96 Å². The van der Waals surface area contributed by atoms with Crippen molar-refractivity contribution in [3.63, 3.8) is 0 Å². The quantitative estimate of drug-likeness (QED) is 0.280. The fraction of sp³-hybridized carbons (Fsp3) is 0.619. The van der Waals surface area contributed by atoms with Crippen molar-refractivity contribution >= 4 is 35.8 Å². The van der Waals surface area contributed by atoms with E-state index in [1.165, 1.54) is 25.7 Å². The third-order valence-corrected chi connectivity index (χ3v) is 5.28. The second-order valence-corrected chi connectivity index (χ2v) is 7.21. The molecular weight excluding hydrogens is 451 g/mol. The Hall–Kier alpha value is -1.31. The summed E-state index contributed by atoms with van der Waals surface area (Å²) in [6.45, 7) is 9.49. The summed E-state index contributed by atoms with van der Waals surface area (Å²) in [4.78, 5) is 16.8. The molecule has 1 aromatic rings. The SMILES string of the molecule is CCCNC(=O)c1cccc(CN=C(NCC)NCC2(CC)CCC2)c1.I. The van der Waals surface area contributed by atoms with Crippen molar-refractivity contribution in [1.29, 1.82) is 0 Å². The number of halogens is 1. The van der Waals surface area contributed by atoms with Crippen LogP contribution in [0.4, 0.5) is 0 Å². The maximum atomic E-state index is 12.1. The minimum absolute atomic E-state index is 0. The van der Waals surface area contributed by atoms with Gasteiger partial charge < -0.3 is 16.0 Å². The van der Waals surface area contributed by atoms with Crippen LogP contribution in [0.15, 0.2) is 29.3 Å². The van der Waals surface area contributed by atoms with Crippen LogP contribution in [-0.2, 0) is 6.54 Å². The van der Waals surface area contributed by atoms with Gasteiger partial charge in [0, 0.05) is 25.2 Å². The van der Waals surface area contributed by atoms with Crippen molar-refractivity contribution in [3.05, 3.63) is 35.4 Å². The summed E-state index contributed by atoms with van der Waals surface area (Å²) in [5.41, 5.74) is 2.19. The van der Waals surface area contributed by atoms with Crippen molar-refractivity contribution in [2.75, 3.05) is 19.6 Å². The van der Waals surface area contributed by atoms with E-state index >= 15 is 0 Å². The zero-order chi connectivity index (χ0) is 18.8. The molecule has 1 aliphatic rings. The Morgan fingerprint density at radius 1 is 1.15 bits per heavy atom. The van der Waals surface area contributed by atoms with E-state index in [1.807, 2.05) is 31.2 Å². The lowest BCUT2D eigenvalue weighted by Gasteiger charge is -2.41. The van der Waals surface area contributed by atoms with E-state index in [1.54, 1.807) is 0 Å². The molecule has 6 heteroatoms. The maximum absolute atomic E-state index is 12.1. The highest BCUT2D eigenvalue weighted by Gasteiger charge is 2.34. The average molecular weight is 486 g/mol. The van der Waals surface area contributed by atoms with Gasteiger partial charge in [0.2, 0.25) is 0 Å². The van der Waals surface area contributed by atoms with E-state index in [0.717, 1.165) is 31.0 Å². The topological polar surface area (TPSA) is 65.5 Å².